The van der Waals surface area contributed by atoms with Gasteiger partial charge in [0, 0.05) is 16.3 Å². The first-order chi connectivity index (χ1) is 19.4. The van der Waals surface area contributed by atoms with Crippen molar-refractivity contribution in [3.05, 3.63) is 100 Å². The number of aromatic nitrogens is 2. The van der Waals surface area contributed by atoms with Gasteiger partial charge in [-0.15, -0.1) is 10.2 Å². The van der Waals surface area contributed by atoms with Crippen LogP contribution in [0.1, 0.15) is 29.7 Å². The Balaban J connectivity index is 1.54. The number of nitrogens with zero attached hydrogens (tertiary/aromatic N) is 3. The van der Waals surface area contributed by atoms with E-state index < -0.39 is 17.7 Å². The predicted octanol–water partition coefficient (Wildman–Crippen LogP) is 6.52. The van der Waals surface area contributed by atoms with Gasteiger partial charge in [-0.2, -0.15) is 0 Å². The zero-order chi connectivity index (χ0) is 28.2. The van der Waals surface area contributed by atoms with Crippen LogP contribution in [-0.4, -0.2) is 40.7 Å². The monoisotopic (exact) mass is 593 g/mol. The molecule has 1 aliphatic heterocycles. The van der Waals surface area contributed by atoms with E-state index >= 15 is 0 Å². The second kappa shape index (κ2) is 12.1. The van der Waals surface area contributed by atoms with Crippen molar-refractivity contribution in [2.75, 3.05) is 18.6 Å². The summed E-state index contributed by atoms with van der Waals surface area (Å²) in [6, 6.07) is 20.3. The van der Waals surface area contributed by atoms with E-state index in [1.165, 1.54) is 35.1 Å². The van der Waals surface area contributed by atoms with Gasteiger partial charge in [0.2, 0.25) is 5.13 Å². The van der Waals surface area contributed by atoms with E-state index in [4.69, 9.17) is 21.1 Å². The van der Waals surface area contributed by atoms with Gasteiger partial charge in [0.1, 0.15) is 17.3 Å². The van der Waals surface area contributed by atoms with E-state index in [0.717, 1.165) is 5.56 Å². The average molecular weight is 594 g/mol. The molecule has 8 nitrogen and oxygen atoms in total. The molecule has 0 bridgehead atoms. The van der Waals surface area contributed by atoms with Gasteiger partial charge in [-0.25, -0.2) is 0 Å². The maximum Gasteiger partial charge on any atom is 0.301 e. The van der Waals surface area contributed by atoms with Gasteiger partial charge in [-0.1, -0.05) is 65.0 Å². The molecule has 4 aromatic rings. The Morgan fingerprint density at radius 1 is 1.02 bits per heavy atom. The smallest absolute Gasteiger partial charge is 0.301 e. The number of hydrogen-bond donors (Lipinski definition) is 1. The minimum absolute atomic E-state index is 0.0419. The number of thioether (sulfide) groups is 1. The molecule has 1 saturated heterocycles. The van der Waals surface area contributed by atoms with Gasteiger partial charge in [-0.05, 0) is 60.5 Å². The normalized spacial score (nSPS) is 16.4. The molecule has 204 valence electrons. The molecule has 0 aliphatic carbocycles. The lowest BCUT2D eigenvalue weighted by molar-refractivity contribution is -0.132. The van der Waals surface area contributed by atoms with Crippen LogP contribution in [0, 0.1) is 0 Å². The number of aliphatic hydroxyl groups is 1. The second-order valence-electron chi connectivity index (χ2n) is 8.63. The summed E-state index contributed by atoms with van der Waals surface area (Å²) in [5.74, 6) is -0.101. The number of anilines is 1. The lowest BCUT2D eigenvalue weighted by Gasteiger charge is -2.22. The lowest BCUT2D eigenvalue weighted by Crippen LogP contribution is -2.29. The summed E-state index contributed by atoms with van der Waals surface area (Å²) in [5, 5.41) is 20.7. The Hall–Kier alpha value is -3.86. The van der Waals surface area contributed by atoms with Crippen LogP contribution >= 0.6 is 34.7 Å². The number of ketones is 1. The van der Waals surface area contributed by atoms with Crippen molar-refractivity contribution in [3.8, 4) is 11.5 Å². The molecule has 0 saturated carbocycles. The van der Waals surface area contributed by atoms with Crippen molar-refractivity contribution in [2.24, 2.45) is 0 Å². The highest BCUT2D eigenvalue weighted by Crippen LogP contribution is 2.44. The Bertz CT molecular complexity index is 1570. The molecule has 1 N–H and O–H groups in total. The summed E-state index contributed by atoms with van der Waals surface area (Å²) in [7, 11) is 1.54. The van der Waals surface area contributed by atoms with E-state index in [1.807, 2.05) is 31.2 Å². The quantitative estimate of drug-likeness (QED) is 0.0769. The number of methoxy groups -OCH3 is 1. The summed E-state index contributed by atoms with van der Waals surface area (Å²) >= 11 is 8.90. The molecular weight excluding hydrogens is 570 g/mol. The van der Waals surface area contributed by atoms with Crippen LogP contribution in [-0.2, 0) is 15.3 Å². The maximum atomic E-state index is 13.4. The molecule has 11 heteroatoms. The molecule has 1 aromatic heterocycles. The van der Waals surface area contributed by atoms with Gasteiger partial charge < -0.3 is 14.6 Å². The molecule has 5 rings (SSSR count). The minimum Gasteiger partial charge on any atom is -0.507 e. The highest BCUT2D eigenvalue weighted by molar-refractivity contribution is 8.00. The lowest BCUT2D eigenvalue weighted by atomic mass is 9.95. The summed E-state index contributed by atoms with van der Waals surface area (Å²) in [6.45, 7) is 2.38. The van der Waals surface area contributed by atoms with Gasteiger partial charge in [-0.3, -0.25) is 14.5 Å². The van der Waals surface area contributed by atoms with Crippen LogP contribution in [0.25, 0.3) is 5.76 Å². The zero-order valence-corrected chi connectivity index (χ0v) is 23.9. The maximum absolute atomic E-state index is 13.4. The predicted molar refractivity (Wildman–Crippen MR) is 156 cm³/mol. The van der Waals surface area contributed by atoms with Crippen LogP contribution in [0.4, 0.5) is 5.13 Å². The van der Waals surface area contributed by atoms with Gasteiger partial charge in [0.05, 0.1) is 25.3 Å². The fourth-order valence-electron chi connectivity index (χ4n) is 4.28. The number of hydrogen-bond acceptors (Lipinski definition) is 9. The van der Waals surface area contributed by atoms with Crippen molar-refractivity contribution in [1.29, 1.82) is 0 Å². The van der Waals surface area contributed by atoms with E-state index in [2.05, 4.69) is 10.2 Å². The molecule has 0 radical (unpaired) electrons. The molecule has 1 unspecified atom stereocenters. The highest BCUT2D eigenvalue weighted by Gasteiger charge is 2.48. The van der Waals surface area contributed by atoms with Crippen LogP contribution in [0.5, 0.6) is 11.5 Å². The van der Waals surface area contributed by atoms with Crippen molar-refractivity contribution < 1.29 is 24.2 Å². The van der Waals surface area contributed by atoms with Crippen molar-refractivity contribution in [1.82, 2.24) is 10.2 Å². The molecule has 1 amide bonds. The summed E-state index contributed by atoms with van der Waals surface area (Å²) in [6.07, 6.45) is 0. The van der Waals surface area contributed by atoms with Crippen molar-refractivity contribution in [2.45, 2.75) is 23.1 Å². The molecular formula is C29H24ClN3O5S2. The Labute approximate surface area is 244 Å². The fourth-order valence-corrected chi connectivity index (χ4v) is 6.43. The number of halogens is 1. The number of carbonyl (C=O) groups is 2. The highest BCUT2D eigenvalue weighted by atomic mass is 35.5. The molecule has 1 aliphatic rings. The molecule has 0 spiro atoms. The van der Waals surface area contributed by atoms with Crippen LogP contribution in [0.3, 0.4) is 0 Å². The first-order valence-electron chi connectivity index (χ1n) is 12.3. The SMILES string of the molecule is CCOc1ccc(C2/C(=C(/O)c3ccc(OC)cc3)C(=O)C(=O)N2c2nnc(SCc3ccccc3Cl)s2)cc1. The van der Waals surface area contributed by atoms with Crippen LogP contribution in [0.2, 0.25) is 5.02 Å². The second-order valence-corrected chi connectivity index (χ2v) is 11.2. The largest absolute Gasteiger partial charge is 0.507 e. The number of rotatable bonds is 9. The summed E-state index contributed by atoms with van der Waals surface area (Å²) < 4.78 is 11.4. The van der Waals surface area contributed by atoms with Crippen LogP contribution in [0.15, 0.2) is 82.7 Å². The summed E-state index contributed by atoms with van der Waals surface area (Å²) in [4.78, 5) is 28.1. The Morgan fingerprint density at radius 2 is 1.73 bits per heavy atom. The molecule has 1 fully saturated rings. The number of benzene rings is 3. The van der Waals surface area contributed by atoms with E-state index in [9.17, 15) is 14.7 Å². The first kappa shape index (κ1) is 27.7. The molecule has 3 aromatic carbocycles. The molecule has 2 heterocycles. The fraction of sp³-hybridized carbons (Fsp3) is 0.172. The van der Waals surface area contributed by atoms with Gasteiger partial charge in [0.15, 0.2) is 4.34 Å². The third-order valence-electron chi connectivity index (χ3n) is 6.23. The van der Waals surface area contributed by atoms with E-state index in [-0.39, 0.29) is 16.5 Å². The first-order valence-corrected chi connectivity index (χ1v) is 14.5. The topological polar surface area (TPSA) is 102 Å². The van der Waals surface area contributed by atoms with E-state index in [1.54, 1.807) is 48.5 Å². The average Bonchev–Trinajstić information content (AvgIpc) is 3.54. The number of ether oxygens (including phenoxy) is 2. The standard InChI is InChI=1S/C29H24ClN3O5S2/c1-3-38-21-14-8-17(9-15-21)24-23(25(34)18-10-12-20(37-2)13-11-18)26(35)27(36)33(24)28-31-32-29(40-28)39-16-19-6-4-5-7-22(19)30/h4-15,24,34H,3,16H2,1-2H3/b25-23-. The number of amides is 1. The van der Waals surface area contributed by atoms with Gasteiger partial charge in [0.25, 0.3) is 5.78 Å². The third kappa shape index (κ3) is 5.56. The van der Waals surface area contributed by atoms with E-state index in [0.29, 0.717) is 44.3 Å². The minimum atomic E-state index is -0.924. The number of carbonyl (C=O) groups excluding carboxylic acids is 2. The van der Waals surface area contributed by atoms with Crippen molar-refractivity contribution >= 4 is 57.3 Å². The molecule has 40 heavy (non-hydrogen) atoms. The Morgan fingerprint density at radius 3 is 2.40 bits per heavy atom. The van der Waals surface area contributed by atoms with Gasteiger partial charge >= 0.3 is 5.91 Å². The summed E-state index contributed by atoms with van der Waals surface area (Å²) in [5.41, 5.74) is 1.89. The third-order valence-corrected chi connectivity index (χ3v) is 8.70. The number of Topliss-reactive ketones (excluding diaryl/α,β-unsaturated/α-hetero) is 1. The van der Waals surface area contributed by atoms with Crippen molar-refractivity contribution in [3.63, 3.8) is 0 Å². The molecule has 1 atom stereocenters. The Kier molecular flexibility index (Phi) is 8.39. The number of aliphatic hydroxyl groups excluding tert-OH is 1. The zero-order valence-electron chi connectivity index (χ0n) is 21.5. The van der Waals surface area contributed by atoms with Crippen LogP contribution < -0.4 is 14.4 Å².